The smallest absolute Gasteiger partial charge is 0.255 e. The summed E-state index contributed by atoms with van der Waals surface area (Å²) in [5.41, 5.74) is 8.56. The van der Waals surface area contributed by atoms with Crippen molar-refractivity contribution in [1.82, 2.24) is 15.3 Å². The second-order valence-electron chi connectivity index (χ2n) is 6.82. The van der Waals surface area contributed by atoms with Crippen molar-refractivity contribution in [1.29, 1.82) is 0 Å². The maximum atomic E-state index is 12.7. The third-order valence-corrected chi connectivity index (χ3v) is 5.19. The molecule has 1 heterocycles. The minimum atomic E-state index is -0.421. The normalized spacial score (nSPS) is 11.4. The van der Waals surface area contributed by atoms with Gasteiger partial charge >= 0.3 is 0 Å². The molecular formula is C21H25N5O2. The van der Waals surface area contributed by atoms with Crippen LogP contribution in [-0.2, 0) is 0 Å². The highest BCUT2D eigenvalue weighted by Gasteiger charge is 2.26. The number of carbonyl (C=O) groups is 2. The number of hydrogen-bond acceptors (Lipinski definition) is 4. The van der Waals surface area contributed by atoms with Crippen LogP contribution in [0, 0.1) is 0 Å². The van der Waals surface area contributed by atoms with E-state index in [1.54, 1.807) is 48.8 Å². The first kappa shape index (κ1) is 19.6. The Labute approximate surface area is 163 Å². The molecule has 0 atom stereocenters. The van der Waals surface area contributed by atoms with Gasteiger partial charge in [-0.2, -0.15) is 0 Å². The lowest BCUT2D eigenvalue weighted by Crippen LogP contribution is -2.52. The van der Waals surface area contributed by atoms with Gasteiger partial charge in [0.15, 0.2) is 0 Å². The Morgan fingerprint density at radius 1 is 1.07 bits per heavy atom. The topological polar surface area (TPSA) is 113 Å². The summed E-state index contributed by atoms with van der Waals surface area (Å²) in [4.78, 5) is 32.4. The summed E-state index contributed by atoms with van der Waals surface area (Å²) >= 11 is 0. The number of anilines is 1. The lowest BCUT2D eigenvalue weighted by Gasteiger charge is -2.31. The number of imidazole rings is 1. The molecule has 3 aromatic rings. The summed E-state index contributed by atoms with van der Waals surface area (Å²) in [5.74, 6) is -0.461. The molecule has 0 saturated heterocycles. The second-order valence-corrected chi connectivity index (χ2v) is 6.82. The Morgan fingerprint density at radius 2 is 1.82 bits per heavy atom. The fourth-order valence-corrected chi connectivity index (χ4v) is 3.10. The van der Waals surface area contributed by atoms with Crippen molar-refractivity contribution in [2.24, 2.45) is 5.73 Å². The quantitative estimate of drug-likeness (QED) is 0.505. The fraction of sp³-hybridized carbons (Fsp3) is 0.286. The molecule has 146 valence electrons. The standard InChI is InChI=1S/C21H25N5O2/c1-3-21(4-2,12-22)26-20(28)14-6-5-7-16(10-14)25-19(27)15-8-9-17-18(11-15)24-13-23-17/h5-11,13H,3-4,12,22H2,1-2H3,(H,23,24)(H,25,27)(H,26,28). The number of nitrogens with one attached hydrogen (secondary N) is 3. The van der Waals surface area contributed by atoms with Crippen LogP contribution in [0.4, 0.5) is 5.69 Å². The maximum Gasteiger partial charge on any atom is 0.255 e. The number of carbonyl (C=O) groups excluding carboxylic acids is 2. The molecule has 0 fully saturated rings. The Kier molecular flexibility index (Phi) is 5.75. The zero-order valence-electron chi connectivity index (χ0n) is 16.1. The first-order valence-electron chi connectivity index (χ1n) is 9.37. The molecular weight excluding hydrogens is 354 g/mol. The third-order valence-electron chi connectivity index (χ3n) is 5.19. The summed E-state index contributed by atoms with van der Waals surface area (Å²) in [6.07, 6.45) is 3.08. The number of nitrogens with two attached hydrogens (primary N) is 1. The maximum absolute atomic E-state index is 12.7. The largest absolute Gasteiger partial charge is 0.345 e. The van der Waals surface area contributed by atoms with Crippen LogP contribution >= 0.6 is 0 Å². The van der Waals surface area contributed by atoms with Gasteiger partial charge in [-0.3, -0.25) is 9.59 Å². The Balaban J connectivity index is 1.75. The molecule has 0 radical (unpaired) electrons. The van der Waals surface area contributed by atoms with Crippen molar-refractivity contribution in [3.05, 3.63) is 59.9 Å². The van der Waals surface area contributed by atoms with Gasteiger partial charge in [0.1, 0.15) is 0 Å². The van der Waals surface area contributed by atoms with Crippen LogP contribution in [0.1, 0.15) is 47.4 Å². The van der Waals surface area contributed by atoms with Crippen LogP contribution in [0.2, 0.25) is 0 Å². The molecule has 0 saturated carbocycles. The van der Waals surface area contributed by atoms with E-state index in [1.165, 1.54) is 0 Å². The molecule has 2 aromatic carbocycles. The van der Waals surface area contributed by atoms with E-state index >= 15 is 0 Å². The van der Waals surface area contributed by atoms with Crippen molar-refractivity contribution in [2.75, 3.05) is 11.9 Å². The minimum Gasteiger partial charge on any atom is -0.345 e. The summed E-state index contributed by atoms with van der Waals surface area (Å²) in [5, 5.41) is 5.87. The van der Waals surface area contributed by atoms with Gasteiger partial charge in [-0.25, -0.2) is 4.98 Å². The van der Waals surface area contributed by atoms with Crippen LogP contribution in [0.15, 0.2) is 48.8 Å². The number of H-pyrrole nitrogens is 1. The molecule has 0 spiro atoms. The number of nitrogens with zero attached hydrogens (tertiary/aromatic N) is 1. The van der Waals surface area contributed by atoms with E-state index < -0.39 is 5.54 Å². The number of rotatable bonds is 7. The van der Waals surface area contributed by atoms with Crippen LogP contribution in [0.5, 0.6) is 0 Å². The molecule has 1 aromatic heterocycles. The molecule has 28 heavy (non-hydrogen) atoms. The van der Waals surface area contributed by atoms with Gasteiger partial charge < -0.3 is 21.4 Å². The molecule has 0 aliphatic rings. The van der Waals surface area contributed by atoms with Gasteiger partial charge in [-0.05, 0) is 49.2 Å². The predicted molar refractivity (Wildman–Crippen MR) is 110 cm³/mol. The monoisotopic (exact) mass is 379 g/mol. The molecule has 0 unspecified atom stereocenters. The summed E-state index contributed by atoms with van der Waals surface area (Å²) in [6.45, 7) is 4.38. The van der Waals surface area contributed by atoms with E-state index in [1.807, 2.05) is 13.8 Å². The van der Waals surface area contributed by atoms with E-state index in [0.717, 1.165) is 23.9 Å². The molecule has 0 aliphatic carbocycles. The number of aromatic amines is 1. The van der Waals surface area contributed by atoms with Crippen molar-refractivity contribution < 1.29 is 9.59 Å². The fourth-order valence-electron chi connectivity index (χ4n) is 3.10. The number of aromatic nitrogens is 2. The summed E-state index contributed by atoms with van der Waals surface area (Å²) in [6, 6.07) is 12.1. The zero-order valence-corrected chi connectivity index (χ0v) is 16.1. The van der Waals surface area contributed by atoms with Crippen LogP contribution in [-0.4, -0.2) is 33.9 Å². The van der Waals surface area contributed by atoms with Crippen molar-refractivity contribution >= 4 is 28.5 Å². The Bertz CT molecular complexity index is 983. The molecule has 7 heteroatoms. The number of amides is 2. The van der Waals surface area contributed by atoms with Crippen molar-refractivity contribution in [2.45, 2.75) is 32.2 Å². The average Bonchev–Trinajstić information content (AvgIpc) is 3.20. The lowest BCUT2D eigenvalue weighted by molar-refractivity contribution is 0.0894. The van der Waals surface area contributed by atoms with E-state index in [4.69, 9.17) is 5.73 Å². The van der Waals surface area contributed by atoms with Gasteiger partial charge in [-0.1, -0.05) is 19.9 Å². The number of fused-ring (bicyclic) bond motifs is 1. The molecule has 0 aliphatic heterocycles. The Hall–Kier alpha value is -3.19. The van der Waals surface area contributed by atoms with E-state index in [9.17, 15) is 9.59 Å². The van der Waals surface area contributed by atoms with Crippen molar-refractivity contribution in [3.63, 3.8) is 0 Å². The summed E-state index contributed by atoms with van der Waals surface area (Å²) < 4.78 is 0. The predicted octanol–water partition coefficient (Wildman–Crippen LogP) is 3.06. The van der Waals surface area contributed by atoms with Gasteiger partial charge in [0.2, 0.25) is 0 Å². The van der Waals surface area contributed by atoms with Gasteiger partial charge in [0.05, 0.1) is 22.9 Å². The summed E-state index contributed by atoms with van der Waals surface area (Å²) in [7, 11) is 0. The Morgan fingerprint density at radius 3 is 2.54 bits per heavy atom. The third kappa shape index (κ3) is 4.04. The van der Waals surface area contributed by atoms with Crippen LogP contribution in [0.25, 0.3) is 11.0 Å². The average molecular weight is 379 g/mol. The van der Waals surface area contributed by atoms with Crippen LogP contribution < -0.4 is 16.4 Å². The number of hydrogen-bond donors (Lipinski definition) is 4. The first-order chi connectivity index (χ1) is 13.5. The van der Waals surface area contributed by atoms with E-state index in [-0.39, 0.29) is 11.8 Å². The number of benzene rings is 2. The van der Waals surface area contributed by atoms with Gasteiger partial charge in [-0.15, -0.1) is 0 Å². The lowest BCUT2D eigenvalue weighted by atomic mass is 9.92. The van der Waals surface area contributed by atoms with Gasteiger partial charge in [0, 0.05) is 23.4 Å². The molecule has 7 nitrogen and oxygen atoms in total. The van der Waals surface area contributed by atoms with E-state index in [2.05, 4.69) is 20.6 Å². The molecule has 5 N–H and O–H groups in total. The first-order valence-corrected chi connectivity index (χ1v) is 9.37. The zero-order chi connectivity index (χ0) is 20.1. The van der Waals surface area contributed by atoms with Gasteiger partial charge in [0.25, 0.3) is 11.8 Å². The van der Waals surface area contributed by atoms with Crippen LogP contribution in [0.3, 0.4) is 0 Å². The van der Waals surface area contributed by atoms with Crippen molar-refractivity contribution in [3.8, 4) is 0 Å². The highest BCUT2D eigenvalue weighted by Crippen LogP contribution is 2.18. The van der Waals surface area contributed by atoms with E-state index in [0.29, 0.717) is 23.4 Å². The SMILES string of the molecule is CCC(CC)(CN)NC(=O)c1cccc(NC(=O)c2ccc3nc[nH]c3c2)c1. The molecule has 3 rings (SSSR count). The second kappa shape index (κ2) is 8.22. The molecule has 0 bridgehead atoms. The highest BCUT2D eigenvalue weighted by molar-refractivity contribution is 6.06. The minimum absolute atomic E-state index is 0.205. The highest BCUT2D eigenvalue weighted by atomic mass is 16.2. The molecule has 2 amide bonds.